The van der Waals surface area contributed by atoms with Crippen LogP contribution in [-0.4, -0.2) is 11.0 Å². The summed E-state index contributed by atoms with van der Waals surface area (Å²) in [6.45, 7) is 0. The molecule has 1 N–H and O–H groups in total. The number of carbonyl (C=O) groups excluding carboxylic acids is 1. The highest BCUT2D eigenvalue weighted by molar-refractivity contribution is 6.33. The van der Waals surface area contributed by atoms with E-state index in [-0.39, 0.29) is 22.0 Å². The molecule has 2 aromatic rings. The van der Waals surface area contributed by atoms with E-state index in [0.29, 0.717) is 0 Å². The van der Waals surface area contributed by atoms with Crippen molar-refractivity contribution in [3.63, 3.8) is 0 Å². The van der Waals surface area contributed by atoms with E-state index in [2.05, 4.69) is 4.98 Å². The molecule has 5 nitrogen and oxygen atoms in total. The minimum absolute atomic E-state index is 0.0473. The average molecular weight is 275 g/mol. The van der Waals surface area contributed by atoms with Crippen molar-refractivity contribution in [1.82, 2.24) is 4.98 Å². The predicted molar refractivity (Wildman–Crippen MR) is 68.2 cm³/mol. The van der Waals surface area contributed by atoms with Gasteiger partial charge in [0.1, 0.15) is 11.6 Å². The number of hydrogen-bond acceptors (Lipinski definition) is 4. The molecular formula is C13H7ClN2O3. The topological polar surface area (TPSA) is 82.9 Å². The molecule has 0 aliphatic carbocycles. The highest BCUT2D eigenvalue weighted by Gasteiger charge is 2.12. The molecule has 2 rings (SSSR count). The summed E-state index contributed by atoms with van der Waals surface area (Å²) in [5.41, 5.74) is -0.487. The van der Waals surface area contributed by atoms with Crippen LogP contribution in [0.15, 0.2) is 41.2 Å². The highest BCUT2D eigenvalue weighted by Crippen LogP contribution is 2.17. The predicted octanol–water partition coefficient (Wildman–Crippen LogP) is 2.12. The Kier molecular flexibility index (Phi) is 3.64. The van der Waals surface area contributed by atoms with Crippen LogP contribution in [0.25, 0.3) is 0 Å². The SMILES string of the molecule is N#Cc1ccc(OC(=O)c2ccccc2Cl)[nH]c1=O. The van der Waals surface area contributed by atoms with Gasteiger partial charge in [0.15, 0.2) is 0 Å². The van der Waals surface area contributed by atoms with Gasteiger partial charge in [0.25, 0.3) is 5.56 Å². The van der Waals surface area contributed by atoms with E-state index >= 15 is 0 Å². The Bertz CT molecular complexity index is 731. The largest absolute Gasteiger partial charge is 0.406 e. The van der Waals surface area contributed by atoms with Crippen molar-refractivity contribution in [2.45, 2.75) is 0 Å². The maximum atomic E-state index is 11.8. The van der Waals surface area contributed by atoms with Crippen molar-refractivity contribution < 1.29 is 9.53 Å². The molecule has 1 heterocycles. The van der Waals surface area contributed by atoms with Gasteiger partial charge in [-0.2, -0.15) is 5.26 Å². The van der Waals surface area contributed by atoms with Gasteiger partial charge in [0.2, 0.25) is 5.88 Å². The number of carbonyl (C=O) groups is 1. The standard InChI is InChI=1S/C13H7ClN2O3/c14-10-4-2-1-3-9(10)13(18)19-11-6-5-8(7-15)12(17)16-11/h1-6H,(H,16,17). The Morgan fingerprint density at radius 1 is 1.26 bits per heavy atom. The minimum Gasteiger partial charge on any atom is -0.406 e. The van der Waals surface area contributed by atoms with Gasteiger partial charge in [-0.15, -0.1) is 0 Å². The maximum absolute atomic E-state index is 11.8. The number of nitrogens with one attached hydrogen (secondary N) is 1. The summed E-state index contributed by atoms with van der Waals surface area (Å²) in [4.78, 5) is 25.5. The van der Waals surface area contributed by atoms with Crippen LogP contribution >= 0.6 is 11.6 Å². The quantitative estimate of drug-likeness (QED) is 0.850. The highest BCUT2D eigenvalue weighted by atomic mass is 35.5. The molecule has 19 heavy (non-hydrogen) atoms. The molecule has 6 heteroatoms. The van der Waals surface area contributed by atoms with E-state index in [4.69, 9.17) is 21.6 Å². The van der Waals surface area contributed by atoms with E-state index in [1.807, 2.05) is 0 Å². The molecule has 0 radical (unpaired) electrons. The van der Waals surface area contributed by atoms with Crippen molar-refractivity contribution in [1.29, 1.82) is 5.26 Å². The van der Waals surface area contributed by atoms with Gasteiger partial charge in [-0.25, -0.2) is 4.79 Å². The minimum atomic E-state index is -0.689. The lowest BCUT2D eigenvalue weighted by atomic mass is 10.2. The molecular weight excluding hydrogens is 268 g/mol. The molecule has 0 spiro atoms. The van der Waals surface area contributed by atoms with Crippen molar-refractivity contribution in [2.24, 2.45) is 0 Å². The van der Waals surface area contributed by atoms with Gasteiger partial charge >= 0.3 is 5.97 Å². The number of rotatable bonds is 2. The fourth-order valence-electron chi connectivity index (χ4n) is 1.38. The summed E-state index contributed by atoms with van der Waals surface area (Å²) in [5.74, 6) is -0.736. The zero-order valence-electron chi connectivity index (χ0n) is 9.51. The second kappa shape index (κ2) is 5.38. The van der Waals surface area contributed by atoms with Crippen LogP contribution < -0.4 is 10.3 Å². The molecule has 94 valence electrons. The van der Waals surface area contributed by atoms with Crippen molar-refractivity contribution in [2.75, 3.05) is 0 Å². The van der Waals surface area contributed by atoms with Crippen LogP contribution in [-0.2, 0) is 0 Å². The first-order chi connectivity index (χ1) is 9.11. The second-order valence-corrected chi connectivity index (χ2v) is 3.95. The first kappa shape index (κ1) is 12.9. The first-order valence-corrected chi connectivity index (χ1v) is 5.60. The lowest BCUT2D eigenvalue weighted by molar-refractivity contribution is 0.0727. The number of hydrogen-bond donors (Lipinski definition) is 1. The summed E-state index contributed by atoms with van der Waals surface area (Å²) in [6.07, 6.45) is 0. The lowest BCUT2D eigenvalue weighted by Gasteiger charge is -2.05. The Morgan fingerprint density at radius 2 is 2.00 bits per heavy atom. The summed E-state index contributed by atoms with van der Waals surface area (Å²) >= 11 is 5.85. The van der Waals surface area contributed by atoms with E-state index in [0.717, 1.165) is 0 Å². The Balaban J connectivity index is 2.25. The molecule has 0 atom stereocenters. The Hall–Kier alpha value is -2.58. The monoisotopic (exact) mass is 274 g/mol. The number of ether oxygens (including phenoxy) is 1. The summed E-state index contributed by atoms with van der Waals surface area (Å²) in [5, 5.41) is 8.86. The number of pyridine rings is 1. The maximum Gasteiger partial charge on any atom is 0.346 e. The van der Waals surface area contributed by atoms with E-state index in [1.165, 1.54) is 18.2 Å². The van der Waals surface area contributed by atoms with Crippen LogP contribution in [0.5, 0.6) is 5.88 Å². The Labute approximate surface area is 113 Å². The molecule has 0 amide bonds. The van der Waals surface area contributed by atoms with Gasteiger partial charge < -0.3 is 4.74 Å². The van der Waals surface area contributed by atoms with Crippen molar-refractivity contribution >= 4 is 17.6 Å². The zero-order valence-corrected chi connectivity index (χ0v) is 10.3. The normalized spacial score (nSPS) is 9.68. The number of H-pyrrole nitrogens is 1. The van der Waals surface area contributed by atoms with Crippen LogP contribution in [0.3, 0.4) is 0 Å². The zero-order chi connectivity index (χ0) is 13.8. The van der Waals surface area contributed by atoms with Gasteiger partial charge in [0, 0.05) is 6.07 Å². The Morgan fingerprint density at radius 3 is 2.63 bits per heavy atom. The molecule has 0 bridgehead atoms. The second-order valence-electron chi connectivity index (χ2n) is 3.55. The summed E-state index contributed by atoms with van der Waals surface area (Å²) in [6, 6.07) is 10.7. The van der Waals surface area contributed by atoms with Gasteiger partial charge in [-0.1, -0.05) is 23.7 Å². The molecule has 0 aliphatic rings. The third-order valence-electron chi connectivity index (χ3n) is 2.30. The van der Waals surface area contributed by atoms with Gasteiger partial charge in [0.05, 0.1) is 10.6 Å². The number of esters is 1. The molecule has 0 unspecified atom stereocenters. The fraction of sp³-hybridized carbons (Fsp3) is 0. The lowest BCUT2D eigenvalue weighted by Crippen LogP contribution is -2.15. The number of aromatic amines is 1. The first-order valence-electron chi connectivity index (χ1n) is 5.22. The van der Waals surface area contributed by atoms with Crippen molar-refractivity contribution in [3.8, 4) is 11.9 Å². The summed E-state index contributed by atoms with van der Waals surface area (Å²) in [7, 11) is 0. The number of aromatic nitrogens is 1. The van der Waals surface area contributed by atoms with Gasteiger partial charge in [-0.3, -0.25) is 9.78 Å². The number of nitriles is 1. The summed E-state index contributed by atoms with van der Waals surface area (Å²) < 4.78 is 4.97. The molecule has 0 saturated heterocycles. The molecule has 0 aliphatic heterocycles. The van der Waals surface area contributed by atoms with E-state index in [1.54, 1.807) is 24.3 Å². The molecule has 0 fully saturated rings. The van der Waals surface area contributed by atoms with Gasteiger partial charge in [-0.05, 0) is 18.2 Å². The van der Waals surface area contributed by atoms with Crippen LogP contribution in [0.4, 0.5) is 0 Å². The fourth-order valence-corrected chi connectivity index (χ4v) is 1.60. The molecule has 0 saturated carbocycles. The number of halogens is 1. The van der Waals surface area contributed by atoms with Crippen molar-refractivity contribution in [3.05, 3.63) is 62.9 Å². The van der Waals surface area contributed by atoms with Crippen LogP contribution in [0.2, 0.25) is 5.02 Å². The average Bonchev–Trinajstić information content (AvgIpc) is 2.39. The number of benzene rings is 1. The third-order valence-corrected chi connectivity index (χ3v) is 2.63. The van der Waals surface area contributed by atoms with E-state index < -0.39 is 11.5 Å². The smallest absolute Gasteiger partial charge is 0.346 e. The van der Waals surface area contributed by atoms with Crippen LogP contribution in [0, 0.1) is 11.3 Å². The van der Waals surface area contributed by atoms with Crippen LogP contribution in [0.1, 0.15) is 15.9 Å². The molecule has 1 aromatic carbocycles. The van der Waals surface area contributed by atoms with E-state index in [9.17, 15) is 9.59 Å². The molecule has 1 aromatic heterocycles. The third kappa shape index (κ3) is 2.81. The number of nitrogens with zero attached hydrogens (tertiary/aromatic N) is 1.